The Morgan fingerprint density at radius 3 is 2.60 bits per heavy atom. The Bertz CT molecular complexity index is 1480. The second-order valence-corrected chi connectivity index (χ2v) is 11.0. The summed E-state index contributed by atoms with van der Waals surface area (Å²) < 4.78 is 56.1. The van der Waals surface area contributed by atoms with E-state index in [9.17, 15) is 22.0 Å². The van der Waals surface area contributed by atoms with Crippen molar-refractivity contribution < 1.29 is 22.0 Å². The Labute approximate surface area is 204 Å². The average Bonchev–Trinajstić information content (AvgIpc) is 3.52. The number of carbonyl (C=O) groups excluding carboxylic acids is 1. The fourth-order valence-electron chi connectivity index (χ4n) is 4.11. The number of nitrogens with zero attached hydrogens (tertiary/aromatic N) is 4. The quantitative estimate of drug-likeness (QED) is 0.382. The number of rotatable bonds is 6. The zero-order chi connectivity index (χ0) is 24.6. The number of hydrogen-bond donors (Lipinski definition) is 0. The second-order valence-electron chi connectivity index (χ2n) is 8.06. The third-order valence-corrected chi connectivity index (χ3v) is 8.78. The van der Waals surface area contributed by atoms with Crippen molar-refractivity contribution >= 4 is 42.6 Å². The van der Waals surface area contributed by atoms with E-state index in [1.165, 1.54) is 23.1 Å². The van der Waals surface area contributed by atoms with Crippen LogP contribution in [0.2, 0.25) is 0 Å². The molecule has 0 saturated carbocycles. The molecule has 1 saturated heterocycles. The lowest BCUT2D eigenvalue weighted by Gasteiger charge is -2.28. The number of benzene rings is 2. The van der Waals surface area contributed by atoms with Crippen LogP contribution in [0.4, 0.5) is 13.9 Å². The monoisotopic (exact) mass is 514 g/mol. The number of hydrogen-bond acceptors (Lipinski definition) is 6. The van der Waals surface area contributed by atoms with Crippen LogP contribution in [-0.2, 0) is 21.4 Å². The average molecular weight is 515 g/mol. The highest BCUT2D eigenvalue weighted by Gasteiger charge is 2.42. The number of para-hydroxylation sites is 1. The summed E-state index contributed by atoms with van der Waals surface area (Å²) in [4.78, 5) is 23.8. The van der Waals surface area contributed by atoms with Gasteiger partial charge >= 0.3 is 0 Å². The smallest absolute Gasteiger partial charge is 0.247 e. The van der Waals surface area contributed by atoms with Crippen molar-refractivity contribution in [2.24, 2.45) is 0 Å². The molecule has 0 aliphatic carbocycles. The molecule has 1 aliphatic rings. The van der Waals surface area contributed by atoms with Crippen molar-refractivity contribution in [3.05, 3.63) is 84.2 Å². The van der Waals surface area contributed by atoms with E-state index in [0.717, 1.165) is 27.8 Å². The Balaban J connectivity index is 1.53. The van der Waals surface area contributed by atoms with Gasteiger partial charge in [-0.1, -0.05) is 23.5 Å². The Morgan fingerprint density at radius 2 is 1.89 bits per heavy atom. The zero-order valence-corrected chi connectivity index (χ0v) is 20.0. The van der Waals surface area contributed by atoms with E-state index in [2.05, 4.69) is 9.97 Å². The molecule has 1 amide bonds. The summed E-state index contributed by atoms with van der Waals surface area (Å²) in [6.07, 6.45) is 2.40. The first kappa shape index (κ1) is 23.5. The molecule has 1 unspecified atom stereocenters. The minimum atomic E-state index is -4.04. The van der Waals surface area contributed by atoms with Gasteiger partial charge in [-0.05, 0) is 61.4 Å². The minimum Gasteiger partial charge on any atom is -0.281 e. The summed E-state index contributed by atoms with van der Waals surface area (Å²) in [7, 11) is -4.04. The highest BCUT2D eigenvalue weighted by atomic mass is 32.2. The van der Waals surface area contributed by atoms with Gasteiger partial charge in [0.25, 0.3) is 0 Å². The highest BCUT2D eigenvalue weighted by molar-refractivity contribution is 7.89. The van der Waals surface area contributed by atoms with Gasteiger partial charge in [0.2, 0.25) is 15.9 Å². The molecule has 4 aromatic rings. The van der Waals surface area contributed by atoms with Crippen molar-refractivity contribution in [3.63, 3.8) is 0 Å². The lowest BCUT2D eigenvalue weighted by molar-refractivity contribution is -0.121. The lowest BCUT2D eigenvalue weighted by atomic mass is 10.2. The van der Waals surface area contributed by atoms with Gasteiger partial charge in [0.15, 0.2) is 5.13 Å². The number of sulfonamides is 1. The largest absolute Gasteiger partial charge is 0.281 e. The van der Waals surface area contributed by atoms with Crippen LogP contribution in [0.25, 0.3) is 10.2 Å². The molecule has 2 aromatic carbocycles. The van der Waals surface area contributed by atoms with Crippen molar-refractivity contribution in [1.82, 2.24) is 14.3 Å². The molecule has 0 N–H and O–H groups in total. The first-order valence-electron chi connectivity index (χ1n) is 10.9. The number of anilines is 1. The van der Waals surface area contributed by atoms with E-state index in [0.29, 0.717) is 23.2 Å². The highest BCUT2D eigenvalue weighted by Crippen LogP contribution is 2.34. The molecule has 3 heterocycles. The molecule has 0 radical (unpaired) electrons. The number of pyridine rings is 1. The fourth-order valence-corrected chi connectivity index (χ4v) is 6.74. The van der Waals surface area contributed by atoms with E-state index in [-0.39, 0.29) is 28.6 Å². The predicted octanol–water partition coefficient (Wildman–Crippen LogP) is 4.36. The minimum absolute atomic E-state index is 0.0437. The Kier molecular flexibility index (Phi) is 6.30. The topological polar surface area (TPSA) is 83.5 Å². The third kappa shape index (κ3) is 4.54. The normalized spacial score (nSPS) is 16.6. The van der Waals surface area contributed by atoms with Gasteiger partial charge in [-0.3, -0.25) is 14.7 Å². The zero-order valence-electron chi connectivity index (χ0n) is 18.3. The van der Waals surface area contributed by atoms with Gasteiger partial charge in [-0.15, -0.1) is 0 Å². The SMILES string of the molecule is O=C(C1CCCN1S(=O)(=O)c1ccc(F)cc1)N(Cc1ccccn1)c1nc2c(F)cccc2s1. The van der Waals surface area contributed by atoms with Crippen molar-refractivity contribution in [3.8, 4) is 0 Å². The van der Waals surface area contributed by atoms with Gasteiger partial charge in [-0.25, -0.2) is 22.2 Å². The summed E-state index contributed by atoms with van der Waals surface area (Å²) in [6, 6.07) is 13.4. The van der Waals surface area contributed by atoms with Crippen LogP contribution in [0.1, 0.15) is 18.5 Å². The fraction of sp³-hybridized carbons (Fsp3) is 0.208. The Morgan fingerprint density at radius 1 is 1.09 bits per heavy atom. The number of carbonyl (C=O) groups is 1. The Hall–Kier alpha value is -3.28. The standard InChI is InChI=1S/C24H20F2N4O3S2/c25-16-9-11-18(12-10-16)35(32,33)30-14-4-7-20(30)23(31)29(15-17-5-1-2-13-27-17)24-28-22-19(26)6-3-8-21(22)34-24/h1-3,5-6,8-13,20H,4,7,14-15H2. The van der Waals surface area contributed by atoms with Crippen LogP contribution in [0, 0.1) is 11.6 Å². The number of aromatic nitrogens is 2. The van der Waals surface area contributed by atoms with Crippen LogP contribution >= 0.6 is 11.3 Å². The molecule has 0 spiro atoms. The first-order valence-corrected chi connectivity index (χ1v) is 13.1. The van der Waals surface area contributed by atoms with E-state index in [1.807, 2.05) is 0 Å². The second kappa shape index (κ2) is 9.40. The molecule has 11 heteroatoms. The van der Waals surface area contributed by atoms with E-state index < -0.39 is 33.6 Å². The molecule has 5 rings (SSSR count). The molecule has 180 valence electrons. The van der Waals surface area contributed by atoms with Crippen molar-refractivity contribution in [2.45, 2.75) is 30.3 Å². The molecular formula is C24H20F2N4O3S2. The summed E-state index contributed by atoms with van der Waals surface area (Å²) in [5, 5.41) is 0.256. The summed E-state index contributed by atoms with van der Waals surface area (Å²) >= 11 is 1.15. The summed E-state index contributed by atoms with van der Waals surface area (Å²) in [5.74, 6) is -1.53. The number of halogens is 2. The molecule has 0 bridgehead atoms. The molecule has 1 fully saturated rings. The molecule has 1 aliphatic heterocycles. The van der Waals surface area contributed by atoms with Gasteiger partial charge < -0.3 is 0 Å². The maximum atomic E-state index is 14.3. The molecule has 35 heavy (non-hydrogen) atoms. The van der Waals surface area contributed by atoms with Crippen LogP contribution in [-0.4, -0.2) is 41.2 Å². The number of thiazole rings is 1. The van der Waals surface area contributed by atoms with Gasteiger partial charge in [0.1, 0.15) is 23.2 Å². The maximum Gasteiger partial charge on any atom is 0.247 e. The molecule has 7 nitrogen and oxygen atoms in total. The molecule has 1 atom stereocenters. The molecular weight excluding hydrogens is 494 g/mol. The third-order valence-electron chi connectivity index (χ3n) is 5.81. The van der Waals surface area contributed by atoms with Gasteiger partial charge in [0, 0.05) is 12.7 Å². The van der Waals surface area contributed by atoms with Gasteiger partial charge in [0.05, 0.1) is 21.8 Å². The summed E-state index contributed by atoms with van der Waals surface area (Å²) in [6.45, 7) is 0.198. The van der Waals surface area contributed by atoms with Crippen LogP contribution in [0.3, 0.4) is 0 Å². The molecule has 2 aromatic heterocycles. The number of amides is 1. The van der Waals surface area contributed by atoms with Crippen LogP contribution in [0.15, 0.2) is 71.8 Å². The van der Waals surface area contributed by atoms with E-state index >= 15 is 0 Å². The summed E-state index contributed by atoms with van der Waals surface area (Å²) in [5.41, 5.74) is 0.722. The van der Waals surface area contributed by atoms with E-state index in [4.69, 9.17) is 0 Å². The van der Waals surface area contributed by atoms with Crippen LogP contribution < -0.4 is 4.90 Å². The van der Waals surface area contributed by atoms with Gasteiger partial charge in [-0.2, -0.15) is 4.31 Å². The number of fused-ring (bicyclic) bond motifs is 1. The van der Waals surface area contributed by atoms with Crippen molar-refractivity contribution in [1.29, 1.82) is 0 Å². The van der Waals surface area contributed by atoms with Crippen molar-refractivity contribution in [2.75, 3.05) is 11.4 Å². The van der Waals surface area contributed by atoms with E-state index in [1.54, 1.807) is 36.5 Å². The van der Waals surface area contributed by atoms with Crippen LogP contribution in [0.5, 0.6) is 0 Å². The predicted molar refractivity (Wildman–Crippen MR) is 128 cm³/mol. The maximum absolute atomic E-state index is 14.3. The first-order chi connectivity index (χ1) is 16.8. The lowest BCUT2D eigenvalue weighted by Crippen LogP contribution is -2.47.